The largest absolute Gasteiger partial charge is 0.491 e. The molecule has 1 atom stereocenters. The SMILES string of the molecule is CCc1cc(-c2ccc(OCC(C)(N)CC(C)C)c(C(F)(F)F)c2)ncn1. The Kier molecular flexibility index (Phi) is 6.46. The first-order valence-corrected chi connectivity index (χ1v) is 8.96. The van der Waals surface area contributed by atoms with E-state index in [2.05, 4.69) is 9.97 Å². The molecule has 0 fully saturated rings. The van der Waals surface area contributed by atoms with Crippen LogP contribution in [0.5, 0.6) is 5.75 Å². The molecule has 1 unspecified atom stereocenters. The van der Waals surface area contributed by atoms with Crippen LogP contribution in [-0.4, -0.2) is 22.1 Å². The van der Waals surface area contributed by atoms with Gasteiger partial charge in [-0.25, -0.2) is 9.97 Å². The van der Waals surface area contributed by atoms with E-state index in [9.17, 15) is 13.2 Å². The molecule has 0 aliphatic heterocycles. The lowest BCUT2D eigenvalue weighted by atomic mass is 9.93. The molecule has 148 valence electrons. The molecule has 0 aliphatic rings. The monoisotopic (exact) mass is 381 g/mol. The summed E-state index contributed by atoms with van der Waals surface area (Å²) in [5, 5.41) is 0. The van der Waals surface area contributed by atoms with E-state index in [0.29, 0.717) is 30.0 Å². The van der Waals surface area contributed by atoms with Crippen LogP contribution in [0.3, 0.4) is 0 Å². The third-order valence-corrected chi connectivity index (χ3v) is 4.10. The molecule has 2 aromatic rings. The fraction of sp³-hybridized carbons (Fsp3) is 0.500. The number of hydrogen-bond acceptors (Lipinski definition) is 4. The number of nitrogens with zero attached hydrogens (tertiary/aromatic N) is 2. The van der Waals surface area contributed by atoms with Crippen LogP contribution < -0.4 is 10.5 Å². The molecule has 1 aromatic carbocycles. The second kappa shape index (κ2) is 8.25. The molecule has 1 aromatic heterocycles. The summed E-state index contributed by atoms with van der Waals surface area (Å²) in [7, 11) is 0. The molecular formula is C20H26F3N3O. The van der Waals surface area contributed by atoms with E-state index in [1.807, 2.05) is 20.8 Å². The molecule has 0 aliphatic carbocycles. The molecule has 7 heteroatoms. The zero-order valence-electron chi connectivity index (χ0n) is 16.1. The first kappa shape index (κ1) is 21.2. The third kappa shape index (κ3) is 5.92. The van der Waals surface area contributed by atoms with Crippen molar-refractivity contribution in [1.29, 1.82) is 0 Å². The molecular weight excluding hydrogens is 355 g/mol. The van der Waals surface area contributed by atoms with E-state index in [0.717, 1.165) is 11.8 Å². The number of rotatable bonds is 7. The Hall–Kier alpha value is -2.15. The maximum atomic E-state index is 13.6. The Labute approximate surface area is 158 Å². The van der Waals surface area contributed by atoms with Crippen molar-refractivity contribution in [3.8, 4) is 17.0 Å². The standard InChI is InChI=1S/C20H26F3N3O/c1-5-15-9-17(26-12-25-15)14-6-7-18(16(8-14)20(21,22)23)27-11-19(4,24)10-13(2)3/h6-9,12-13H,5,10-11,24H2,1-4H3. The van der Waals surface area contributed by atoms with E-state index < -0.39 is 17.3 Å². The van der Waals surface area contributed by atoms with Crippen molar-refractivity contribution in [2.45, 2.75) is 52.3 Å². The first-order valence-electron chi connectivity index (χ1n) is 8.96. The van der Waals surface area contributed by atoms with Crippen LogP contribution in [0, 0.1) is 5.92 Å². The minimum Gasteiger partial charge on any atom is -0.491 e. The number of benzene rings is 1. The van der Waals surface area contributed by atoms with E-state index in [4.69, 9.17) is 10.5 Å². The zero-order chi connectivity index (χ0) is 20.2. The number of aromatic nitrogens is 2. The Morgan fingerprint density at radius 2 is 1.85 bits per heavy atom. The molecule has 0 saturated heterocycles. The van der Waals surface area contributed by atoms with E-state index in [1.165, 1.54) is 12.4 Å². The van der Waals surface area contributed by atoms with Gasteiger partial charge in [0.2, 0.25) is 0 Å². The summed E-state index contributed by atoms with van der Waals surface area (Å²) in [5.41, 5.74) is 6.19. The molecule has 0 radical (unpaired) electrons. The van der Waals surface area contributed by atoms with Crippen molar-refractivity contribution < 1.29 is 17.9 Å². The molecule has 4 nitrogen and oxygen atoms in total. The zero-order valence-corrected chi connectivity index (χ0v) is 16.1. The van der Waals surface area contributed by atoms with Crippen LogP contribution in [0.15, 0.2) is 30.6 Å². The summed E-state index contributed by atoms with van der Waals surface area (Å²) < 4.78 is 46.2. The van der Waals surface area contributed by atoms with Gasteiger partial charge in [0.25, 0.3) is 0 Å². The summed E-state index contributed by atoms with van der Waals surface area (Å²) >= 11 is 0. The average Bonchev–Trinajstić information content (AvgIpc) is 2.58. The van der Waals surface area contributed by atoms with Crippen LogP contribution in [-0.2, 0) is 12.6 Å². The van der Waals surface area contributed by atoms with Gasteiger partial charge in [-0.3, -0.25) is 0 Å². The normalized spacial score (nSPS) is 14.3. The van der Waals surface area contributed by atoms with E-state index >= 15 is 0 Å². The van der Waals surface area contributed by atoms with Gasteiger partial charge in [0.05, 0.1) is 11.3 Å². The summed E-state index contributed by atoms with van der Waals surface area (Å²) in [5.74, 6) is 0.0926. The van der Waals surface area contributed by atoms with Gasteiger partial charge in [-0.1, -0.05) is 20.8 Å². The summed E-state index contributed by atoms with van der Waals surface area (Å²) in [6, 6.07) is 5.66. The lowest BCUT2D eigenvalue weighted by molar-refractivity contribution is -0.139. The van der Waals surface area contributed by atoms with Gasteiger partial charge in [-0.15, -0.1) is 0 Å². The van der Waals surface area contributed by atoms with Crippen LogP contribution in [0.25, 0.3) is 11.3 Å². The topological polar surface area (TPSA) is 61.0 Å². The smallest absolute Gasteiger partial charge is 0.419 e. The number of aryl methyl sites for hydroxylation is 1. The van der Waals surface area contributed by atoms with E-state index in [1.54, 1.807) is 19.1 Å². The maximum Gasteiger partial charge on any atom is 0.419 e. The van der Waals surface area contributed by atoms with Gasteiger partial charge in [0.15, 0.2) is 0 Å². The van der Waals surface area contributed by atoms with Crippen molar-refractivity contribution in [1.82, 2.24) is 9.97 Å². The van der Waals surface area contributed by atoms with Crippen molar-refractivity contribution in [3.63, 3.8) is 0 Å². The molecule has 0 amide bonds. The number of hydrogen-bond donors (Lipinski definition) is 1. The minimum atomic E-state index is -4.55. The van der Waals surface area contributed by atoms with Crippen LogP contribution >= 0.6 is 0 Å². The Balaban J connectivity index is 2.33. The van der Waals surface area contributed by atoms with Crippen LogP contribution in [0.2, 0.25) is 0 Å². The summed E-state index contributed by atoms with van der Waals surface area (Å²) in [6.07, 6.45) is -1.87. The van der Waals surface area contributed by atoms with Crippen LogP contribution in [0.4, 0.5) is 13.2 Å². The third-order valence-electron chi connectivity index (χ3n) is 4.10. The molecule has 27 heavy (non-hydrogen) atoms. The maximum absolute atomic E-state index is 13.6. The Morgan fingerprint density at radius 1 is 1.15 bits per heavy atom. The molecule has 0 spiro atoms. The lowest BCUT2D eigenvalue weighted by Crippen LogP contribution is -2.43. The van der Waals surface area contributed by atoms with Gasteiger partial charge < -0.3 is 10.5 Å². The van der Waals surface area contributed by atoms with E-state index in [-0.39, 0.29) is 12.4 Å². The molecule has 2 rings (SSSR count). The Morgan fingerprint density at radius 3 is 2.44 bits per heavy atom. The number of halogens is 3. The van der Waals surface area contributed by atoms with Crippen molar-refractivity contribution in [3.05, 3.63) is 41.9 Å². The molecule has 1 heterocycles. The predicted molar refractivity (Wildman–Crippen MR) is 99.4 cm³/mol. The van der Waals surface area contributed by atoms with Crippen molar-refractivity contribution >= 4 is 0 Å². The molecule has 0 bridgehead atoms. The fourth-order valence-electron chi connectivity index (χ4n) is 3.02. The Bertz CT molecular complexity index is 773. The highest BCUT2D eigenvalue weighted by molar-refractivity contribution is 5.62. The highest BCUT2D eigenvalue weighted by atomic mass is 19.4. The lowest BCUT2D eigenvalue weighted by Gasteiger charge is -2.27. The second-order valence-corrected chi connectivity index (χ2v) is 7.50. The van der Waals surface area contributed by atoms with Gasteiger partial charge >= 0.3 is 6.18 Å². The minimum absolute atomic E-state index is 0.00109. The average molecular weight is 381 g/mol. The first-order chi connectivity index (χ1) is 12.5. The van der Waals surface area contributed by atoms with Crippen molar-refractivity contribution in [2.75, 3.05) is 6.61 Å². The molecule has 2 N–H and O–H groups in total. The van der Waals surface area contributed by atoms with Crippen molar-refractivity contribution in [2.24, 2.45) is 11.7 Å². The van der Waals surface area contributed by atoms with Gasteiger partial charge in [0.1, 0.15) is 18.7 Å². The number of ether oxygens (including phenoxy) is 1. The van der Waals surface area contributed by atoms with Gasteiger partial charge in [-0.05, 0) is 49.9 Å². The predicted octanol–water partition coefficient (Wildman–Crippen LogP) is 4.87. The van der Waals surface area contributed by atoms with Gasteiger partial charge in [0, 0.05) is 16.8 Å². The highest BCUT2D eigenvalue weighted by Gasteiger charge is 2.35. The summed E-state index contributed by atoms with van der Waals surface area (Å²) in [4.78, 5) is 8.17. The number of nitrogens with two attached hydrogens (primary N) is 1. The van der Waals surface area contributed by atoms with Gasteiger partial charge in [-0.2, -0.15) is 13.2 Å². The second-order valence-electron chi connectivity index (χ2n) is 7.50. The highest BCUT2D eigenvalue weighted by Crippen LogP contribution is 2.39. The molecule has 0 saturated carbocycles. The van der Waals surface area contributed by atoms with Crippen LogP contribution in [0.1, 0.15) is 45.4 Å². The number of alkyl halides is 3. The summed E-state index contributed by atoms with van der Waals surface area (Å²) in [6.45, 7) is 7.72. The quantitative estimate of drug-likeness (QED) is 0.743. The fourth-order valence-corrected chi connectivity index (χ4v) is 3.02.